The number of carbonyl (C=O) groups excluding carboxylic acids is 2. The van der Waals surface area contributed by atoms with E-state index in [4.69, 9.17) is 9.15 Å². The lowest BCUT2D eigenvalue weighted by Gasteiger charge is -2.31. The van der Waals surface area contributed by atoms with E-state index in [0.29, 0.717) is 49.4 Å². The van der Waals surface area contributed by atoms with Crippen LogP contribution in [-0.2, 0) is 9.59 Å². The number of benzene rings is 2. The predicted octanol–water partition coefficient (Wildman–Crippen LogP) is 4.10. The number of thioether (sulfide) groups is 1. The van der Waals surface area contributed by atoms with Crippen LogP contribution in [-0.4, -0.2) is 52.4 Å². The van der Waals surface area contributed by atoms with E-state index >= 15 is 0 Å². The molecule has 0 radical (unpaired) electrons. The maximum atomic E-state index is 12.6. The molecule has 0 aliphatic carbocycles. The number of nitrogens with one attached hydrogen (secondary N) is 1. The van der Waals surface area contributed by atoms with Crippen molar-refractivity contribution in [2.24, 2.45) is 5.92 Å². The lowest BCUT2D eigenvalue weighted by Crippen LogP contribution is -2.42. The number of carbonyl (C=O) groups is 2. The van der Waals surface area contributed by atoms with Crippen LogP contribution in [0.25, 0.3) is 11.5 Å². The summed E-state index contributed by atoms with van der Waals surface area (Å²) in [5.74, 6) is 1.15. The van der Waals surface area contributed by atoms with E-state index < -0.39 is 0 Å². The van der Waals surface area contributed by atoms with Gasteiger partial charge in [0, 0.05) is 24.7 Å². The SMILES string of the molecule is CCOc1ccccc1-c1nnc(SCC(=O)N2CCC(C(=O)Nc3ccccc3)CC2)o1. The summed E-state index contributed by atoms with van der Waals surface area (Å²) < 4.78 is 11.3. The van der Waals surface area contributed by atoms with Crippen molar-refractivity contribution in [2.45, 2.75) is 25.0 Å². The zero-order valence-electron chi connectivity index (χ0n) is 18.4. The zero-order chi connectivity index (χ0) is 23.0. The summed E-state index contributed by atoms with van der Waals surface area (Å²) in [4.78, 5) is 26.9. The smallest absolute Gasteiger partial charge is 0.277 e. The first-order valence-electron chi connectivity index (χ1n) is 11.0. The van der Waals surface area contributed by atoms with Crippen LogP contribution in [0.4, 0.5) is 5.69 Å². The van der Waals surface area contributed by atoms with Crippen molar-refractivity contribution in [3.8, 4) is 17.2 Å². The monoisotopic (exact) mass is 466 g/mol. The highest BCUT2D eigenvalue weighted by molar-refractivity contribution is 7.99. The fourth-order valence-electron chi connectivity index (χ4n) is 3.67. The van der Waals surface area contributed by atoms with Gasteiger partial charge in [0.15, 0.2) is 0 Å². The Morgan fingerprint density at radius 1 is 1.09 bits per heavy atom. The second-order valence-corrected chi connectivity index (χ2v) is 8.53. The van der Waals surface area contributed by atoms with E-state index in [1.54, 1.807) is 4.90 Å². The highest BCUT2D eigenvalue weighted by atomic mass is 32.2. The largest absolute Gasteiger partial charge is 0.493 e. The van der Waals surface area contributed by atoms with Crippen LogP contribution in [0.3, 0.4) is 0 Å². The Balaban J connectivity index is 1.25. The second kappa shape index (κ2) is 11.0. The fraction of sp³-hybridized carbons (Fsp3) is 0.333. The van der Waals surface area contributed by atoms with Crippen LogP contribution in [0, 0.1) is 5.92 Å². The molecule has 0 saturated carbocycles. The minimum absolute atomic E-state index is 0.00335. The van der Waals surface area contributed by atoms with Gasteiger partial charge in [0.2, 0.25) is 11.8 Å². The van der Waals surface area contributed by atoms with Crippen molar-refractivity contribution in [3.05, 3.63) is 54.6 Å². The van der Waals surface area contributed by atoms with E-state index in [-0.39, 0.29) is 23.5 Å². The highest BCUT2D eigenvalue weighted by Crippen LogP contribution is 2.31. The summed E-state index contributed by atoms with van der Waals surface area (Å²) in [6.45, 7) is 3.56. The van der Waals surface area contributed by atoms with Gasteiger partial charge in [-0.15, -0.1) is 10.2 Å². The van der Waals surface area contributed by atoms with Gasteiger partial charge in [0.05, 0.1) is 17.9 Å². The summed E-state index contributed by atoms with van der Waals surface area (Å²) >= 11 is 1.21. The molecule has 1 N–H and O–H groups in total. The van der Waals surface area contributed by atoms with Gasteiger partial charge in [0.25, 0.3) is 11.1 Å². The predicted molar refractivity (Wildman–Crippen MR) is 126 cm³/mol. The Kier molecular flexibility index (Phi) is 7.62. The van der Waals surface area contributed by atoms with Crippen LogP contribution < -0.4 is 10.1 Å². The number of amides is 2. The van der Waals surface area contributed by atoms with Crippen LogP contribution in [0.2, 0.25) is 0 Å². The molecule has 2 heterocycles. The van der Waals surface area contributed by atoms with Gasteiger partial charge in [-0.3, -0.25) is 9.59 Å². The van der Waals surface area contributed by atoms with Gasteiger partial charge in [-0.1, -0.05) is 42.1 Å². The van der Waals surface area contributed by atoms with Crippen molar-refractivity contribution >= 4 is 29.3 Å². The molecule has 3 aromatic rings. The Morgan fingerprint density at radius 3 is 2.58 bits per heavy atom. The molecule has 2 aromatic carbocycles. The van der Waals surface area contributed by atoms with Gasteiger partial charge >= 0.3 is 0 Å². The Labute approximate surface area is 196 Å². The van der Waals surface area contributed by atoms with Gasteiger partial charge in [-0.05, 0) is 44.0 Å². The number of aromatic nitrogens is 2. The number of anilines is 1. The van der Waals surface area contributed by atoms with Crippen LogP contribution in [0.15, 0.2) is 64.2 Å². The van der Waals surface area contributed by atoms with Crippen molar-refractivity contribution in [1.82, 2.24) is 15.1 Å². The number of likely N-dealkylation sites (tertiary alicyclic amines) is 1. The van der Waals surface area contributed by atoms with Gasteiger partial charge < -0.3 is 19.4 Å². The molecule has 8 nitrogen and oxygen atoms in total. The third-order valence-corrected chi connectivity index (χ3v) is 6.21. The molecule has 1 aliphatic rings. The summed E-state index contributed by atoms with van der Waals surface area (Å²) in [7, 11) is 0. The van der Waals surface area contributed by atoms with E-state index in [9.17, 15) is 9.59 Å². The molecule has 9 heteroatoms. The van der Waals surface area contributed by atoms with Crippen LogP contribution in [0.1, 0.15) is 19.8 Å². The van der Waals surface area contributed by atoms with Gasteiger partial charge in [0.1, 0.15) is 5.75 Å². The first-order valence-corrected chi connectivity index (χ1v) is 11.9. The molecule has 172 valence electrons. The minimum atomic E-state index is -0.0918. The number of para-hydroxylation sites is 2. The number of nitrogens with zero attached hydrogens (tertiary/aromatic N) is 3. The van der Waals surface area contributed by atoms with E-state index in [2.05, 4.69) is 15.5 Å². The maximum absolute atomic E-state index is 12.6. The normalized spacial score (nSPS) is 14.2. The standard InChI is InChI=1S/C24H26N4O4S/c1-2-31-20-11-7-6-10-19(20)23-26-27-24(32-23)33-16-21(29)28-14-12-17(13-15-28)22(30)25-18-8-4-3-5-9-18/h3-11,17H,2,12-16H2,1H3,(H,25,30). The molecule has 1 fully saturated rings. The fourth-order valence-corrected chi connectivity index (χ4v) is 4.34. The molecule has 2 amide bonds. The van der Waals surface area contributed by atoms with E-state index in [0.717, 1.165) is 11.3 Å². The van der Waals surface area contributed by atoms with Gasteiger partial charge in [-0.2, -0.15) is 0 Å². The Bertz CT molecular complexity index is 1080. The molecule has 0 bridgehead atoms. The van der Waals surface area contributed by atoms with E-state index in [1.165, 1.54) is 11.8 Å². The third kappa shape index (κ3) is 5.92. The Hall–Kier alpha value is -3.33. The topological polar surface area (TPSA) is 97.6 Å². The number of hydrogen-bond acceptors (Lipinski definition) is 7. The lowest BCUT2D eigenvalue weighted by atomic mass is 9.96. The minimum Gasteiger partial charge on any atom is -0.493 e. The van der Waals surface area contributed by atoms with Crippen LogP contribution >= 0.6 is 11.8 Å². The summed E-state index contributed by atoms with van der Waals surface area (Å²) in [5.41, 5.74) is 1.51. The number of rotatable bonds is 8. The summed E-state index contributed by atoms with van der Waals surface area (Å²) in [6.07, 6.45) is 1.29. The second-order valence-electron chi connectivity index (χ2n) is 7.60. The average Bonchev–Trinajstić information content (AvgIpc) is 3.33. The van der Waals surface area contributed by atoms with Crippen LogP contribution in [0.5, 0.6) is 5.75 Å². The molecule has 0 atom stereocenters. The molecular weight excluding hydrogens is 440 g/mol. The van der Waals surface area contributed by atoms with Crippen molar-refractivity contribution in [1.29, 1.82) is 0 Å². The summed E-state index contributed by atoms with van der Waals surface area (Å²) in [5, 5.41) is 11.4. The molecule has 0 unspecified atom stereocenters. The number of piperidine rings is 1. The van der Waals surface area contributed by atoms with Crippen molar-refractivity contribution in [3.63, 3.8) is 0 Å². The Morgan fingerprint density at radius 2 is 1.82 bits per heavy atom. The first-order chi connectivity index (χ1) is 16.1. The highest BCUT2D eigenvalue weighted by Gasteiger charge is 2.27. The zero-order valence-corrected chi connectivity index (χ0v) is 19.2. The maximum Gasteiger partial charge on any atom is 0.277 e. The number of ether oxygens (including phenoxy) is 1. The molecule has 1 aromatic heterocycles. The summed E-state index contributed by atoms with van der Waals surface area (Å²) in [6, 6.07) is 16.9. The average molecular weight is 467 g/mol. The molecule has 1 aliphatic heterocycles. The molecule has 4 rings (SSSR count). The van der Waals surface area contributed by atoms with E-state index in [1.807, 2.05) is 61.5 Å². The van der Waals surface area contributed by atoms with Crippen molar-refractivity contribution < 1.29 is 18.7 Å². The quantitative estimate of drug-likeness (QED) is 0.499. The molecule has 1 saturated heterocycles. The first kappa shape index (κ1) is 22.8. The number of hydrogen-bond donors (Lipinski definition) is 1. The van der Waals surface area contributed by atoms with Crippen molar-refractivity contribution in [2.75, 3.05) is 30.8 Å². The third-order valence-electron chi connectivity index (χ3n) is 5.40. The molecule has 0 spiro atoms. The molecule has 33 heavy (non-hydrogen) atoms. The lowest BCUT2D eigenvalue weighted by molar-refractivity contribution is -0.132. The molecular formula is C24H26N4O4S. The van der Waals surface area contributed by atoms with Gasteiger partial charge in [-0.25, -0.2) is 0 Å².